The third-order valence-electron chi connectivity index (χ3n) is 4.28. The molecule has 0 saturated carbocycles. The van der Waals surface area contributed by atoms with Crippen molar-refractivity contribution in [3.05, 3.63) is 83.6 Å². The van der Waals surface area contributed by atoms with E-state index in [9.17, 15) is 15.3 Å². The van der Waals surface area contributed by atoms with E-state index in [-0.39, 0.29) is 11.5 Å². The Bertz CT molecular complexity index is 712. The molecule has 0 radical (unpaired) electrons. The van der Waals surface area contributed by atoms with E-state index >= 15 is 0 Å². The van der Waals surface area contributed by atoms with Gasteiger partial charge in [0.15, 0.2) is 0 Å². The van der Waals surface area contributed by atoms with Gasteiger partial charge in [-0.2, -0.15) is 0 Å². The van der Waals surface area contributed by atoms with Crippen LogP contribution in [0.15, 0.2) is 72.5 Å². The van der Waals surface area contributed by atoms with Gasteiger partial charge >= 0.3 is 0 Å². The van der Waals surface area contributed by atoms with Gasteiger partial charge in [0, 0.05) is 0 Å². The van der Waals surface area contributed by atoms with Crippen LogP contribution in [0.1, 0.15) is 18.1 Å². The summed E-state index contributed by atoms with van der Waals surface area (Å²) in [4.78, 5) is 0. The van der Waals surface area contributed by atoms with Crippen molar-refractivity contribution in [2.24, 2.45) is 0 Å². The molecule has 4 nitrogen and oxygen atoms in total. The van der Waals surface area contributed by atoms with Gasteiger partial charge < -0.3 is 20.1 Å². The predicted octanol–water partition coefficient (Wildman–Crippen LogP) is 3.24. The maximum Gasteiger partial charge on any atom is 0.116 e. The Labute approximate surface area is 141 Å². The summed E-state index contributed by atoms with van der Waals surface area (Å²) >= 11 is 0. The molecule has 0 spiro atoms. The highest BCUT2D eigenvalue weighted by atomic mass is 16.5. The Hall–Kier alpha value is -2.72. The summed E-state index contributed by atoms with van der Waals surface area (Å²) < 4.78 is 5.64. The quantitative estimate of drug-likeness (QED) is 0.807. The fraction of sp³-hybridized carbons (Fsp3) is 0.200. The number of aliphatic hydroxyl groups excluding tert-OH is 1. The van der Waals surface area contributed by atoms with Gasteiger partial charge in [0.2, 0.25) is 0 Å². The van der Waals surface area contributed by atoms with E-state index in [1.807, 2.05) is 13.0 Å². The van der Waals surface area contributed by atoms with Gasteiger partial charge in [-0.3, -0.25) is 0 Å². The van der Waals surface area contributed by atoms with Crippen molar-refractivity contribution in [2.45, 2.75) is 18.4 Å². The normalized spacial score (nSPS) is 18.9. The number of hydrogen-bond acceptors (Lipinski definition) is 4. The Morgan fingerprint density at radius 3 is 1.88 bits per heavy atom. The van der Waals surface area contributed by atoms with Gasteiger partial charge in [0.25, 0.3) is 0 Å². The summed E-state index contributed by atoms with van der Waals surface area (Å²) in [5.74, 6) is 0.993. The first-order chi connectivity index (χ1) is 11.6. The lowest BCUT2D eigenvalue weighted by atomic mass is 9.68. The van der Waals surface area contributed by atoms with Crippen LogP contribution in [0.25, 0.3) is 0 Å². The van der Waals surface area contributed by atoms with Gasteiger partial charge in [-0.15, -0.1) is 0 Å². The average Bonchev–Trinajstić information content (AvgIpc) is 2.58. The Morgan fingerprint density at radius 2 is 1.42 bits per heavy atom. The Balaban J connectivity index is 2.22. The van der Waals surface area contributed by atoms with E-state index in [4.69, 9.17) is 4.74 Å². The zero-order valence-corrected chi connectivity index (χ0v) is 13.4. The van der Waals surface area contributed by atoms with Crippen molar-refractivity contribution >= 4 is 0 Å². The van der Waals surface area contributed by atoms with Crippen LogP contribution in [-0.2, 0) is 10.2 Å². The summed E-state index contributed by atoms with van der Waals surface area (Å²) in [6.45, 7) is 2.43. The van der Waals surface area contributed by atoms with Crippen LogP contribution in [0.3, 0.4) is 0 Å². The highest BCUT2D eigenvalue weighted by Gasteiger charge is 2.41. The maximum atomic E-state index is 10.8. The van der Waals surface area contributed by atoms with Crippen molar-refractivity contribution in [3.8, 4) is 11.5 Å². The highest BCUT2D eigenvalue weighted by Crippen LogP contribution is 2.42. The van der Waals surface area contributed by atoms with Gasteiger partial charge in [-0.25, -0.2) is 0 Å². The van der Waals surface area contributed by atoms with Gasteiger partial charge in [0.1, 0.15) is 17.3 Å². The number of phenols is 2. The molecule has 0 heterocycles. The smallest absolute Gasteiger partial charge is 0.116 e. The SMILES string of the molecule is CCOC1=CC(c2ccc(O)cc2)(c2ccc(O)cc2)C(O)C=C1. The molecule has 0 amide bonds. The lowest BCUT2D eigenvalue weighted by molar-refractivity contribution is 0.158. The average molecular weight is 324 g/mol. The van der Waals surface area contributed by atoms with Crippen LogP contribution in [0.4, 0.5) is 0 Å². The molecular weight excluding hydrogens is 304 g/mol. The first-order valence-electron chi connectivity index (χ1n) is 7.87. The van der Waals surface area contributed by atoms with E-state index in [0.717, 1.165) is 11.1 Å². The van der Waals surface area contributed by atoms with E-state index in [1.54, 1.807) is 60.7 Å². The molecule has 124 valence electrons. The number of aliphatic hydroxyl groups is 1. The third-order valence-corrected chi connectivity index (χ3v) is 4.28. The van der Waals surface area contributed by atoms with Crippen molar-refractivity contribution < 1.29 is 20.1 Å². The second-order valence-electron chi connectivity index (χ2n) is 5.75. The molecule has 3 rings (SSSR count). The van der Waals surface area contributed by atoms with E-state index in [0.29, 0.717) is 12.4 Å². The van der Waals surface area contributed by atoms with E-state index in [2.05, 4.69) is 0 Å². The van der Waals surface area contributed by atoms with Crippen LogP contribution < -0.4 is 0 Å². The standard InChI is InChI=1S/C20H20O4/c1-2-24-18-11-12-19(23)20(13-18,14-3-7-16(21)8-4-14)15-5-9-17(22)10-6-15/h3-13,19,21-23H,2H2,1H3. The van der Waals surface area contributed by atoms with Gasteiger partial charge in [-0.05, 0) is 54.5 Å². The molecule has 0 bridgehead atoms. The molecule has 2 aromatic carbocycles. The fourth-order valence-electron chi connectivity index (χ4n) is 3.10. The number of rotatable bonds is 4. The molecule has 2 aromatic rings. The predicted molar refractivity (Wildman–Crippen MR) is 91.8 cm³/mol. The van der Waals surface area contributed by atoms with Crippen LogP contribution in [0.5, 0.6) is 11.5 Å². The van der Waals surface area contributed by atoms with Crippen LogP contribution in [-0.4, -0.2) is 28.0 Å². The van der Waals surface area contributed by atoms with Gasteiger partial charge in [0.05, 0.1) is 18.1 Å². The van der Waals surface area contributed by atoms with E-state index < -0.39 is 11.5 Å². The summed E-state index contributed by atoms with van der Waals surface area (Å²) in [7, 11) is 0. The second kappa shape index (κ2) is 6.42. The number of phenolic OH excluding ortho intramolecular Hbond substituents is 2. The third kappa shape index (κ3) is 2.76. The topological polar surface area (TPSA) is 69.9 Å². The zero-order valence-electron chi connectivity index (χ0n) is 13.4. The zero-order chi connectivity index (χ0) is 17.2. The minimum atomic E-state index is -0.860. The second-order valence-corrected chi connectivity index (χ2v) is 5.75. The molecule has 1 aliphatic carbocycles. The van der Waals surface area contributed by atoms with Crippen molar-refractivity contribution in [2.75, 3.05) is 6.61 Å². The minimum absolute atomic E-state index is 0.162. The van der Waals surface area contributed by atoms with Crippen LogP contribution in [0, 0.1) is 0 Å². The maximum absolute atomic E-state index is 10.8. The molecule has 0 fully saturated rings. The van der Waals surface area contributed by atoms with E-state index in [1.165, 1.54) is 0 Å². The summed E-state index contributed by atoms with van der Waals surface area (Å²) in [5, 5.41) is 30.0. The Kier molecular flexibility index (Phi) is 4.32. The van der Waals surface area contributed by atoms with Gasteiger partial charge in [-0.1, -0.05) is 30.3 Å². The van der Waals surface area contributed by atoms with Crippen molar-refractivity contribution in [1.29, 1.82) is 0 Å². The summed E-state index contributed by atoms with van der Waals surface area (Å²) in [6.07, 6.45) is 4.54. The lowest BCUT2D eigenvalue weighted by Gasteiger charge is -2.38. The van der Waals surface area contributed by atoms with Crippen molar-refractivity contribution in [1.82, 2.24) is 0 Å². The molecular formula is C20H20O4. The summed E-state index contributed by atoms with van der Waals surface area (Å²) in [6, 6.07) is 13.5. The first kappa shape index (κ1) is 16.1. The van der Waals surface area contributed by atoms with Crippen molar-refractivity contribution in [3.63, 3.8) is 0 Å². The number of benzene rings is 2. The number of hydrogen-bond donors (Lipinski definition) is 3. The van der Waals surface area contributed by atoms with Crippen LogP contribution >= 0.6 is 0 Å². The Morgan fingerprint density at radius 1 is 0.917 bits per heavy atom. The molecule has 0 aromatic heterocycles. The largest absolute Gasteiger partial charge is 0.508 e. The highest BCUT2D eigenvalue weighted by molar-refractivity contribution is 5.52. The number of aromatic hydroxyl groups is 2. The molecule has 24 heavy (non-hydrogen) atoms. The number of ether oxygens (including phenoxy) is 1. The van der Waals surface area contributed by atoms with Crippen LogP contribution in [0.2, 0.25) is 0 Å². The monoisotopic (exact) mass is 324 g/mol. The minimum Gasteiger partial charge on any atom is -0.508 e. The fourth-order valence-corrected chi connectivity index (χ4v) is 3.10. The lowest BCUT2D eigenvalue weighted by Crippen LogP contribution is -2.40. The molecule has 4 heteroatoms. The molecule has 0 aliphatic heterocycles. The number of allylic oxidation sites excluding steroid dienone is 1. The molecule has 3 N–H and O–H groups in total. The molecule has 1 unspecified atom stereocenters. The summed E-state index contributed by atoms with van der Waals surface area (Å²) in [5.41, 5.74) is 0.779. The first-order valence-corrected chi connectivity index (χ1v) is 7.87. The molecule has 1 aliphatic rings. The molecule has 1 atom stereocenters. The molecule has 0 saturated heterocycles.